The van der Waals surface area contributed by atoms with E-state index in [9.17, 15) is 4.39 Å². The van der Waals surface area contributed by atoms with Crippen LogP contribution in [0.3, 0.4) is 0 Å². The van der Waals surface area contributed by atoms with E-state index in [2.05, 4.69) is 11.8 Å². The second kappa shape index (κ2) is 6.53. The molecule has 1 aromatic carbocycles. The molecule has 1 aliphatic rings. The molecule has 1 fully saturated rings. The van der Waals surface area contributed by atoms with Gasteiger partial charge in [-0.05, 0) is 30.5 Å². The van der Waals surface area contributed by atoms with E-state index in [1.165, 1.54) is 25.0 Å². The summed E-state index contributed by atoms with van der Waals surface area (Å²) in [7, 11) is 0. The minimum atomic E-state index is -0.277. The molecule has 0 amide bonds. The van der Waals surface area contributed by atoms with E-state index in [0.717, 1.165) is 18.4 Å². The fraction of sp³-hybridized carbons (Fsp3) is 0.467. The molecule has 0 aromatic heterocycles. The zero-order chi connectivity index (χ0) is 12.8. The third kappa shape index (κ3) is 3.56. The van der Waals surface area contributed by atoms with E-state index in [1.807, 2.05) is 0 Å². The van der Waals surface area contributed by atoms with Gasteiger partial charge in [0, 0.05) is 5.56 Å². The highest BCUT2D eigenvalue weighted by atomic mass is 19.1. The zero-order valence-corrected chi connectivity index (χ0v) is 10.4. The van der Waals surface area contributed by atoms with Crippen molar-refractivity contribution in [1.82, 2.24) is 0 Å². The van der Waals surface area contributed by atoms with E-state index >= 15 is 0 Å². The van der Waals surface area contributed by atoms with Crippen molar-refractivity contribution in [3.63, 3.8) is 0 Å². The topological polar surface area (TPSA) is 35.2 Å². The first-order valence-corrected chi connectivity index (χ1v) is 6.38. The van der Waals surface area contributed by atoms with Gasteiger partial charge in [0.05, 0.1) is 19.3 Å². The Morgan fingerprint density at radius 2 is 2.11 bits per heavy atom. The van der Waals surface area contributed by atoms with Crippen LogP contribution < -0.4 is 5.73 Å². The number of halogens is 1. The lowest BCUT2D eigenvalue weighted by atomic mass is 10.1. The molecule has 0 saturated heterocycles. The molecule has 0 bridgehead atoms. The summed E-state index contributed by atoms with van der Waals surface area (Å²) < 4.78 is 19.0. The average Bonchev–Trinajstić information content (AvgIpc) is 2.88. The van der Waals surface area contributed by atoms with Crippen LogP contribution in [0.25, 0.3) is 0 Å². The maximum Gasteiger partial charge on any atom is 0.124 e. The van der Waals surface area contributed by atoms with Gasteiger partial charge in [0.25, 0.3) is 0 Å². The van der Waals surface area contributed by atoms with Crippen molar-refractivity contribution in [3.8, 4) is 11.8 Å². The molecule has 2 rings (SSSR count). The van der Waals surface area contributed by atoms with Crippen molar-refractivity contribution in [1.29, 1.82) is 0 Å². The van der Waals surface area contributed by atoms with Crippen molar-refractivity contribution < 1.29 is 9.13 Å². The monoisotopic (exact) mass is 247 g/mol. The Kier molecular flexibility index (Phi) is 4.74. The Balaban J connectivity index is 2.05. The first-order chi connectivity index (χ1) is 8.79. The van der Waals surface area contributed by atoms with Crippen molar-refractivity contribution >= 4 is 0 Å². The van der Waals surface area contributed by atoms with Crippen LogP contribution in [0.15, 0.2) is 18.2 Å². The molecule has 3 heteroatoms. The summed E-state index contributed by atoms with van der Waals surface area (Å²) in [6.07, 6.45) is 5.10. The van der Waals surface area contributed by atoms with Gasteiger partial charge in [-0.25, -0.2) is 4.39 Å². The van der Waals surface area contributed by atoms with Gasteiger partial charge in [0.1, 0.15) is 5.82 Å². The standard InChI is InChI=1S/C15H18FNO/c16-14-8-7-13(12(10-14)4-3-9-17)11-18-15-5-1-2-6-15/h7-8,10,15H,1-2,5-6,9,11,17H2. The molecule has 0 aliphatic heterocycles. The summed E-state index contributed by atoms with van der Waals surface area (Å²) in [6, 6.07) is 4.63. The zero-order valence-electron chi connectivity index (χ0n) is 10.4. The van der Waals surface area contributed by atoms with Gasteiger partial charge in [0.15, 0.2) is 0 Å². The SMILES string of the molecule is NCC#Cc1cc(F)ccc1COC1CCCC1. The lowest BCUT2D eigenvalue weighted by molar-refractivity contribution is 0.0455. The lowest BCUT2D eigenvalue weighted by Crippen LogP contribution is -2.08. The molecule has 0 atom stereocenters. The van der Waals surface area contributed by atoms with E-state index in [1.54, 1.807) is 6.07 Å². The van der Waals surface area contributed by atoms with Crippen molar-refractivity contribution in [3.05, 3.63) is 35.1 Å². The Bertz CT molecular complexity index is 455. The van der Waals surface area contributed by atoms with Gasteiger partial charge in [0.2, 0.25) is 0 Å². The normalized spacial score (nSPS) is 15.4. The average molecular weight is 247 g/mol. The summed E-state index contributed by atoms with van der Waals surface area (Å²) in [5.41, 5.74) is 6.95. The van der Waals surface area contributed by atoms with Gasteiger partial charge < -0.3 is 10.5 Å². The van der Waals surface area contributed by atoms with Crippen LogP contribution in [0.4, 0.5) is 4.39 Å². The van der Waals surface area contributed by atoms with E-state index in [0.29, 0.717) is 18.3 Å². The highest BCUT2D eigenvalue weighted by Gasteiger charge is 2.15. The van der Waals surface area contributed by atoms with E-state index in [4.69, 9.17) is 10.5 Å². The predicted molar refractivity (Wildman–Crippen MR) is 69.4 cm³/mol. The summed E-state index contributed by atoms with van der Waals surface area (Å²) in [4.78, 5) is 0. The van der Waals surface area contributed by atoms with Crippen molar-refractivity contribution in [2.45, 2.75) is 38.4 Å². The number of nitrogens with two attached hydrogens (primary N) is 1. The summed E-state index contributed by atoms with van der Waals surface area (Å²) in [6.45, 7) is 0.777. The first-order valence-electron chi connectivity index (χ1n) is 6.38. The van der Waals surface area contributed by atoms with Crippen LogP contribution in [0.5, 0.6) is 0 Å². The molecule has 0 spiro atoms. The molecular weight excluding hydrogens is 229 g/mol. The number of hydrogen-bond acceptors (Lipinski definition) is 2. The van der Waals surface area contributed by atoms with E-state index < -0.39 is 0 Å². The molecule has 0 unspecified atom stereocenters. The fourth-order valence-corrected chi connectivity index (χ4v) is 2.20. The molecule has 18 heavy (non-hydrogen) atoms. The van der Waals surface area contributed by atoms with Crippen LogP contribution >= 0.6 is 0 Å². The molecule has 0 radical (unpaired) electrons. The molecular formula is C15H18FNO. The second-order valence-electron chi connectivity index (χ2n) is 4.52. The van der Waals surface area contributed by atoms with Crippen LogP contribution in [-0.2, 0) is 11.3 Å². The molecule has 0 heterocycles. The predicted octanol–water partition coefficient (Wildman–Crippen LogP) is 2.60. The van der Waals surface area contributed by atoms with Gasteiger partial charge in [-0.3, -0.25) is 0 Å². The van der Waals surface area contributed by atoms with Crippen molar-refractivity contribution in [2.75, 3.05) is 6.54 Å². The molecule has 2 nitrogen and oxygen atoms in total. The van der Waals surface area contributed by atoms with Crippen LogP contribution in [-0.4, -0.2) is 12.6 Å². The molecule has 2 N–H and O–H groups in total. The smallest absolute Gasteiger partial charge is 0.124 e. The van der Waals surface area contributed by atoms with Crippen molar-refractivity contribution in [2.24, 2.45) is 5.73 Å². The van der Waals surface area contributed by atoms with Gasteiger partial charge in [-0.2, -0.15) is 0 Å². The number of ether oxygens (including phenoxy) is 1. The minimum Gasteiger partial charge on any atom is -0.373 e. The largest absolute Gasteiger partial charge is 0.373 e. The van der Waals surface area contributed by atoms with Gasteiger partial charge in [-0.1, -0.05) is 30.7 Å². The minimum absolute atomic E-state index is 0.277. The molecule has 1 saturated carbocycles. The highest BCUT2D eigenvalue weighted by Crippen LogP contribution is 2.22. The Hall–Kier alpha value is -1.37. The molecule has 96 valence electrons. The highest BCUT2D eigenvalue weighted by molar-refractivity contribution is 5.41. The third-order valence-corrected chi connectivity index (χ3v) is 3.17. The summed E-state index contributed by atoms with van der Waals surface area (Å²) in [5.74, 6) is 5.37. The number of benzene rings is 1. The van der Waals surface area contributed by atoms with Crippen LogP contribution in [0.1, 0.15) is 36.8 Å². The Labute approximate surface area is 107 Å². The van der Waals surface area contributed by atoms with E-state index in [-0.39, 0.29) is 12.4 Å². The van der Waals surface area contributed by atoms with Gasteiger partial charge >= 0.3 is 0 Å². The second-order valence-corrected chi connectivity index (χ2v) is 4.52. The van der Waals surface area contributed by atoms with Crippen LogP contribution in [0.2, 0.25) is 0 Å². The fourth-order valence-electron chi connectivity index (χ4n) is 2.20. The third-order valence-electron chi connectivity index (χ3n) is 3.17. The van der Waals surface area contributed by atoms with Gasteiger partial charge in [-0.15, -0.1) is 0 Å². The maximum absolute atomic E-state index is 13.2. The quantitative estimate of drug-likeness (QED) is 0.833. The van der Waals surface area contributed by atoms with Crippen LogP contribution in [0, 0.1) is 17.7 Å². The summed E-state index contributed by atoms with van der Waals surface area (Å²) >= 11 is 0. The summed E-state index contributed by atoms with van der Waals surface area (Å²) in [5, 5.41) is 0. The Morgan fingerprint density at radius 3 is 2.83 bits per heavy atom. The molecule has 1 aromatic rings. The first kappa shape index (κ1) is 13.1. The Morgan fingerprint density at radius 1 is 1.33 bits per heavy atom. The number of hydrogen-bond donors (Lipinski definition) is 1. The number of rotatable bonds is 3. The molecule has 1 aliphatic carbocycles. The lowest BCUT2D eigenvalue weighted by Gasteiger charge is -2.12. The maximum atomic E-state index is 13.2.